The van der Waals surface area contributed by atoms with Crippen LogP contribution < -0.4 is 10.2 Å². The largest absolute Gasteiger partial charge is 0.354 e. The SMILES string of the molecule is CCCN(c1ncc(Br)cc1CNCC(C)C)C(C)C. The average Bonchev–Trinajstić information content (AvgIpc) is 2.36. The summed E-state index contributed by atoms with van der Waals surface area (Å²) in [7, 11) is 0. The minimum atomic E-state index is 0.465. The monoisotopic (exact) mass is 341 g/mol. The molecule has 4 heteroatoms. The van der Waals surface area contributed by atoms with Crippen molar-refractivity contribution in [3.63, 3.8) is 0 Å². The van der Waals surface area contributed by atoms with Gasteiger partial charge in [-0.05, 0) is 54.7 Å². The van der Waals surface area contributed by atoms with E-state index in [9.17, 15) is 0 Å². The molecule has 0 spiro atoms. The van der Waals surface area contributed by atoms with Crippen LogP contribution in [0.1, 0.15) is 46.6 Å². The molecule has 1 heterocycles. The third-order valence-corrected chi connectivity index (χ3v) is 3.57. The Morgan fingerprint density at radius 2 is 2.00 bits per heavy atom. The summed E-state index contributed by atoms with van der Waals surface area (Å²) >= 11 is 3.53. The van der Waals surface area contributed by atoms with Crippen LogP contribution in [0.4, 0.5) is 5.82 Å². The zero-order valence-corrected chi connectivity index (χ0v) is 15.0. The summed E-state index contributed by atoms with van der Waals surface area (Å²) in [5.41, 5.74) is 1.27. The third kappa shape index (κ3) is 5.41. The fourth-order valence-electron chi connectivity index (χ4n) is 2.21. The fourth-order valence-corrected chi connectivity index (χ4v) is 2.59. The Morgan fingerprint density at radius 3 is 2.55 bits per heavy atom. The quantitative estimate of drug-likeness (QED) is 0.767. The topological polar surface area (TPSA) is 28.2 Å². The zero-order valence-electron chi connectivity index (χ0n) is 13.4. The molecule has 0 aliphatic rings. The summed E-state index contributed by atoms with van der Waals surface area (Å²) in [6, 6.07) is 2.65. The van der Waals surface area contributed by atoms with Crippen LogP contribution >= 0.6 is 15.9 Å². The number of aromatic nitrogens is 1. The van der Waals surface area contributed by atoms with Gasteiger partial charge in [0, 0.05) is 35.4 Å². The van der Waals surface area contributed by atoms with Crippen molar-refractivity contribution in [1.82, 2.24) is 10.3 Å². The molecule has 114 valence electrons. The van der Waals surface area contributed by atoms with Gasteiger partial charge in [-0.25, -0.2) is 4.98 Å². The van der Waals surface area contributed by atoms with Crippen LogP contribution in [-0.2, 0) is 6.54 Å². The van der Waals surface area contributed by atoms with Gasteiger partial charge < -0.3 is 10.2 Å². The highest BCUT2D eigenvalue weighted by molar-refractivity contribution is 9.10. The summed E-state index contributed by atoms with van der Waals surface area (Å²) in [4.78, 5) is 7.04. The van der Waals surface area contributed by atoms with Crippen LogP contribution in [0.5, 0.6) is 0 Å². The van der Waals surface area contributed by atoms with E-state index in [1.54, 1.807) is 0 Å². The van der Waals surface area contributed by atoms with Crippen LogP contribution in [0, 0.1) is 5.92 Å². The maximum absolute atomic E-state index is 4.66. The minimum absolute atomic E-state index is 0.465. The molecule has 0 amide bonds. The van der Waals surface area contributed by atoms with Gasteiger partial charge in [0.15, 0.2) is 0 Å². The lowest BCUT2D eigenvalue weighted by molar-refractivity contribution is 0.550. The predicted molar refractivity (Wildman–Crippen MR) is 91.3 cm³/mol. The van der Waals surface area contributed by atoms with E-state index in [0.717, 1.165) is 36.3 Å². The lowest BCUT2D eigenvalue weighted by atomic mass is 10.2. The number of hydrogen-bond donors (Lipinski definition) is 1. The van der Waals surface area contributed by atoms with Gasteiger partial charge in [-0.15, -0.1) is 0 Å². The van der Waals surface area contributed by atoms with Crippen LogP contribution in [0.3, 0.4) is 0 Å². The Labute approximate surface area is 132 Å². The van der Waals surface area contributed by atoms with E-state index in [1.165, 1.54) is 5.56 Å². The minimum Gasteiger partial charge on any atom is -0.354 e. The van der Waals surface area contributed by atoms with Gasteiger partial charge in [0.1, 0.15) is 5.82 Å². The lowest BCUT2D eigenvalue weighted by Gasteiger charge is -2.29. The molecule has 0 bridgehead atoms. The summed E-state index contributed by atoms with van der Waals surface area (Å²) in [5, 5.41) is 3.52. The number of pyridine rings is 1. The first kappa shape index (κ1) is 17.4. The molecule has 1 N–H and O–H groups in total. The molecule has 3 nitrogen and oxygen atoms in total. The number of rotatable bonds is 8. The highest BCUT2D eigenvalue weighted by atomic mass is 79.9. The maximum Gasteiger partial charge on any atom is 0.133 e. The number of nitrogens with one attached hydrogen (secondary N) is 1. The van der Waals surface area contributed by atoms with Crippen molar-refractivity contribution in [3.05, 3.63) is 22.3 Å². The van der Waals surface area contributed by atoms with Crippen molar-refractivity contribution in [1.29, 1.82) is 0 Å². The molecule has 1 aromatic heterocycles. The fraction of sp³-hybridized carbons (Fsp3) is 0.688. The number of hydrogen-bond acceptors (Lipinski definition) is 3. The van der Waals surface area contributed by atoms with Gasteiger partial charge >= 0.3 is 0 Å². The standard InChI is InChI=1S/C16H28BrN3/c1-6-7-20(13(4)5)16-14(8-15(17)11-19-16)10-18-9-12(2)3/h8,11-13,18H,6-7,9-10H2,1-5H3. The van der Waals surface area contributed by atoms with E-state index in [-0.39, 0.29) is 0 Å². The number of halogens is 1. The Kier molecular flexibility index (Phi) is 7.52. The van der Waals surface area contributed by atoms with Crippen molar-refractivity contribution >= 4 is 21.7 Å². The van der Waals surface area contributed by atoms with Crippen LogP contribution in [0.15, 0.2) is 16.7 Å². The summed E-state index contributed by atoms with van der Waals surface area (Å²) in [6.07, 6.45) is 3.03. The van der Waals surface area contributed by atoms with Crippen molar-refractivity contribution in [3.8, 4) is 0 Å². The van der Waals surface area contributed by atoms with Gasteiger partial charge in [-0.3, -0.25) is 0 Å². The highest BCUT2D eigenvalue weighted by Crippen LogP contribution is 2.23. The van der Waals surface area contributed by atoms with Gasteiger partial charge in [0.05, 0.1) is 0 Å². The Morgan fingerprint density at radius 1 is 1.30 bits per heavy atom. The molecule has 20 heavy (non-hydrogen) atoms. The molecule has 0 unspecified atom stereocenters. The summed E-state index contributed by atoms with van der Waals surface area (Å²) in [6.45, 7) is 14.1. The first-order chi connectivity index (χ1) is 9.45. The zero-order chi connectivity index (χ0) is 15.1. The van der Waals surface area contributed by atoms with E-state index < -0.39 is 0 Å². The molecule has 1 rings (SSSR count). The van der Waals surface area contributed by atoms with Crippen LogP contribution in [0.25, 0.3) is 0 Å². The molecule has 0 atom stereocenters. The van der Waals surface area contributed by atoms with E-state index in [4.69, 9.17) is 0 Å². The Balaban J connectivity index is 2.92. The molecule has 0 fully saturated rings. The normalized spacial score (nSPS) is 11.4. The first-order valence-electron chi connectivity index (χ1n) is 7.57. The number of nitrogens with zero attached hydrogens (tertiary/aromatic N) is 2. The molecule has 0 saturated carbocycles. The predicted octanol–water partition coefficient (Wildman–Crippen LogP) is 4.21. The van der Waals surface area contributed by atoms with Crippen molar-refractivity contribution in [2.45, 2.75) is 53.6 Å². The molecule has 0 aliphatic carbocycles. The highest BCUT2D eigenvalue weighted by Gasteiger charge is 2.15. The maximum atomic E-state index is 4.66. The van der Waals surface area contributed by atoms with E-state index in [2.05, 4.69) is 71.8 Å². The molecular formula is C16H28BrN3. The smallest absolute Gasteiger partial charge is 0.133 e. The molecule has 0 saturated heterocycles. The van der Waals surface area contributed by atoms with Gasteiger partial charge in [-0.1, -0.05) is 20.8 Å². The van der Waals surface area contributed by atoms with E-state index in [1.807, 2.05) is 6.20 Å². The average molecular weight is 342 g/mol. The molecule has 0 aromatic carbocycles. The third-order valence-electron chi connectivity index (χ3n) is 3.14. The van der Waals surface area contributed by atoms with E-state index in [0.29, 0.717) is 12.0 Å². The van der Waals surface area contributed by atoms with Gasteiger partial charge in [-0.2, -0.15) is 0 Å². The second-order valence-electron chi connectivity index (χ2n) is 5.95. The molecular weight excluding hydrogens is 314 g/mol. The Bertz CT molecular complexity index is 405. The van der Waals surface area contributed by atoms with Gasteiger partial charge in [0.25, 0.3) is 0 Å². The van der Waals surface area contributed by atoms with E-state index >= 15 is 0 Å². The Hall–Kier alpha value is -0.610. The summed E-state index contributed by atoms with van der Waals surface area (Å²) < 4.78 is 1.04. The molecule has 0 aliphatic heterocycles. The van der Waals surface area contributed by atoms with Crippen molar-refractivity contribution in [2.75, 3.05) is 18.0 Å². The molecule has 1 aromatic rings. The lowest BCUT2D eigenvalue weighted by Crippen LogP contribution is -2.33. The molecule has 0 radical (unpaired) electrons. The number of anilines is 1. The van der Waals surface area contributed by atoms with Crippen molar-refractivity contribution < 1.29 is 0 Å². The summed E-state index contributed by atoms with van der Waals surface area (Å²) in [5.74, 6) is 1.77. The van der Waals surface area contributed by atoms with Crippen molar-refractivity contribution in [2.24, 2.45) is 5.92 Å². The van der Waals surface area contributed by atoms with Crippen LogP contribution in [-0.4, -0.2) is 24.1 Å². The van der Waals surface area contributed by atoms with Gasteiger partial charge in [0.2, 0.25) is 0 Å². The first-order valence-corrected chi connectivity index (χ1v) is 8.36. The van der Waals surface area contributed by atoms with Crippen LogP contribution in [0.2, 0.25) is 0 Å². The second-order valence-corrected chi connectivity index (χ2v) is 6.86. The second kappa shape index (κ2) is 8.63.